The van der Waals surface area contributed by atoms with Crippen LogP contribution in [-0.4, -0.2) is 24.1 Å². The van der Waals surface area contributed by atoms with Gasteiger partial charge in [-0.15, -0.1) is 4.52 Å². The molecule has 6 heteroatoms. The van der Waals surface area contributed by atoms with E-state index in [2.05, 4.69) is 15.0 Å². The number of aromatic nitrogens is 6. The molecule has 0 aliphatic rings. The molecule has 0 bridgehead atoms. The molecule has 0 amide bonds. The summed E-state index contributed by atoms with van der Waals surface area (Å²) in [5.41, 5.74) is 1.65. The lowest BCUT2D eigenvalue weighted by Crippen LogP contribution is -2.33. The van der Waals surface area contributed by atoms with E-state index >= 15 is 0 Å². The van der Waals surface area contributed by atoms with Crippen molar-refractivity contribution in [3.05, 3.63) is 25.0 Å². The SMILES string of the molecule is Cn1c2nccnc2n2cnc[n+]12. The fraction of sp³-hybridized carbons (Fsp3) is 0.143. The third-order valence-electron chi connectivity index (χ3n) is 2.06. The maximum atomic E-state index is 4.22. The maximum absolute atomic E-state index is 4.22. The zero-order chi connectivity index (χ0) is 8.84. The molecule has 3 aromatic rings. The second-order valence-electron chi connectivity index (χ2n) is 2.77. The van der Waals surface area contributed by atoms with E-state index in [0.29, 0.717) is 0 Å². The van der Waals surface area contributed by atoms with E-state index in [1.165, 1.54) is 0 Å². The number of nitrogens with zero attached hydrogens (tertiary/aromatic N) is 6. The molecule has 13 heavy (non-hydrogen) atoms. The first-order valence-electron chi connectivity index (χ1n) is 3.87. The molecule has 0 saturated heterocycles. The smallest absolute Gasteiger partial charge is 0.231 e. The fourth-order valence-electron chi connectivity index (χ4n) is 1.45. The summed E-state index contributed by atoms with van der Waals surface area (Å²) in [4.78, 5) is 12.5. The topological polar surface area (TPSA) is 52.1 Å². The summed E-state index contributed by atoms with van der Waals surface area (Å²) in [5, 5.41) is 0. The normalized spacial score (nSPS) is 11.5. The van der Waals surface area contributed by atoms with Gasteiger partial charge in [0.15, 0.2) is 0 Å². The van der Waals surface area contributed by atoms with Crippen LogP contribution in [-0.2, 0) is 7.05 Å². The van der Waals surface area contributed by atoms with Crippen molar-refractivity contribution >= 4 is 11.3 Å². The number of fused-ring (bicyclic) bond motifs is 3. The molecule has 0 atom stereocenters. The van der Waals surface area contributed by atoms with Gasteiger partial charge in [0, 0.05) is 12.4 Å². The molecule has 3 heterocycles. The van der Waals surface area contributed by atoms with Crippen LogP contribution in [0.1, 0.15) is 0 Å². The third-order valence-corrected chi connectivity index (χ3v) is 2.06. The Hall–Kier alpha value is -1.98. The molecular formula is C7H7N6+. The quantitative estimate of drug-likeness (QED) is 0.420. The molecule has 3 rings (SSSR count). The Morgan fingerprint density at radius 1 is 1.23 bits per heavy atom. The fourth-order valence-corrected chi connectivity index (χ4v) is 1.45. The van der Waals surface area contributed by atoms with Gasteiger partial charge in [-0.05, 0) is 9.61 Å². The van der Waals surface area contributed by atoms with E-state index in [0.717, 1.165) is 11.3 Å². The minimum Gasteiger partial charge on any atom is -0.231 e. The highest BCUT2D eigenvalue weighted by Gasteiger charge is 2.13. The van der Waals surface area contributed by atoms with Gasteiger partial charge in [-0.25, -0.2) is 9.97 Å². The van der Waals surface area contributed by atoms with Gasteiger partial charge < -0.3 is 0 Å². The molecule has 64 valence electrons. The predicted molar refractivity (Wildman–Crippen MR) is 42.9 cm³/mol. The van der Waals surface area contributed by atoms with E-state index < -0.39 is 0 Å². The number of hydrogen-bond donors (Lipinski definition) is 0. The molecule has 6 nitrogen and oxygen atoms in total. The van der Waals surface area contributed by atoms with Gasteiger partial charge in [0.1, 0.15) is 0 Å². The van der Waals surface area contributed by atoms with Crippen LogP contribution in [0.25, 0.3) is 11.3 Å². The minimum absolute atomic E-state index is 0.808. The zero-order valence-electron chi connectivity index (χ0n) is 6.99. The molecule has 0 spiro atoms. The first kappa shape index (κ1) is 6.53. The monoisotopic (exact) mass is 175 g/mol. The Labute approximate surface area is 73.1 Å². The first-order valence-corrected chi connectivity index (χ1v) is 3.87. The molecule has 0 aliphatic carbocycles. The van der Waals surface area contributed by atoms with Crippen molar-refractivity contribution < 1.29 is 4.63 Å². The molecular weight excluding hydrogens is 168 g/mol. The molecule has 0 radical (unpaired) electrons. The summed E-state index contributed by atoms with van der Waals surface area (Å²) in [6, 6.07) is 0. The lowest BCUT2D eigenvalue weighted by molar-refractivity contribution is -0.695. The second kappa shape index (κ2) is 2.03. The van der Waals surface area contributed by atoms with E-state index in [-0.39, 0.29) is 0 Å². The van der Waals surface area contributed by atoms with Gasteiger partial charge in [-0.1, -0.05) is 0 Å². The standard InChI is InChI=1S/C7H7N6/c1-11-6-7(10-3-2-9-6)12-4-8-5-13(11)12/h2-5H,1H3/q+1. The van der Waals surface area contributed by atoms with Crippen LogP contribution in [0, 0.1) is 0 Å². The van der Waals surface area contributed by atoms with Crippen molar-refractivity contribution in [2.24, 2.45) is 7.05 Å². The van der Waals surface area contributed by atoms with Crippen molar-refractivity contribution in [2.75, 3.05) is 0 Å². The first-order chi connectivity index (χ1) is 6.38. The van der Waals surface area contributed by atoms with Gasteiger partial charge in [-0.2, -0.15) is 4.68 Å². The summed E-state index contributed by atoms with van der Waals surface area (Å²) in [6.07, 6.45) is 6.76. The van der Waals surface area contributed by atoms with Crippen molar-refractivity contribution in [3.8, 4) is 0 Å². The highest BCUT2D eigenvalue weighted by atomic mass is 15.6. The predicted octanol–water partition coefficient (Wildman–Crippen LogP) is -0.798. The highest BCUT2D eigenvalue weighted by Crippen LogP contribution is 2.01. The van der Waals surface area contributed by atoms with Crippen molar-refractivity contribution in [1.29, 1.82) is 0 Å². The average molecular weight is 175 g/mol. The molecule has 0 aromatic carbocycles. The molecule has 0 saturated carbocycles. The Morgan fingerprint density at radius 3 is 2.85 bits per heavy atom. The molecule has 0 fully saturated rings. The van der Waals surface area contributed by atoms with Crippen molar-refractivity contribution in [1.82, 2.24) is 24.1 Å². The van der Waals surface area contributed by atoms with Gasteiger partial charge in [0.05, 0.1) is 7.05 Å². The molecule has 0 aliphatic heterocycles. The van der Waals surface area contributed by atoms with E-state index in [4.69, 9.17) is 0 Å². The summed E-state index contributed by atoms with van der Waals surface area (Å²) in [7, 11) is 1.92. The van der Waals surface area contributed by atoms with Crippen molar-refractivity contribution in [2.45, 2.75) is 0 Å². The average Bonchev–Trinajstić information content (AvgIpc) is 2.72. The highest BCUT2D eigenvalue weighted by molar-refractivity contribution is 5.63. The second-order valence-corrected chi connectivity index (χ2v) is 2.77. The van der Waals surface area contributed by atoms with E-state index in [1.54, 1.807) is 25.0 Å². The Morgan fingerprint density at radius 2 is 2.00 bits per heavy atom. The molecule has 3 aromatic heterocycles. The van der Waals surface area contributed by atoms with E-state index in [1.807, 2.05) is 20.9 Å². The number of rotatable bonds is 0. The summed E-state index contributed by atoms with van der Waals surface area (Å²) in [5.74, 6) is 0. The summed E-state index contributed by atoms with van der Waals surface area (Å²) >= 11 is 0. The lowest BCUT2D eigenvalue weighted by atomic mass is 10.6. The Bertz CT molecular complexity index is 577. The van der Waals surface area contributed by atoms with Crippen LogP contribution in [0.15, 0.2) is 25.0 Å². The summed E-state index contributed by atoms with van der Waals surface area (Å²) in [6.45, 7) is 0. The van der Waals surface area contributed by atoms with Crippen LogP contribution in [0.3, 0.4) is 0 Å². The largest absolute Gasteiger partial charge is 0.332 e. The minimum atomic E-state index is 0.808. The lowest BCUT2D eigenvalue weighted by Gasteiger charge is -1.85. The summed E-state index contributed by atoms with van der Waals surface area (Å²) < 4.78 is 5.56. The van der Waals surface area contributed by atoms with Crippen molar-refractivity contribution in [3.63, 3.8) is 0 Å². The number of aryl methyl sites for hydroxylation is 1. The molecule has 0 unspecified atom stereocenters. The van der Waals surface area contributed by atoms with E-state index in [9.17, 15) is 0 Å². The van der Waals surface area contributed by atoms with Gasteiger partial charge in [0.25, 0.3) is 6.33 Å². The van der Waals surface area contributed by atoms with Crippen LogP contribution < -0.4 is 4.63 Å². The Kier molecular flexibility index (Phi) is 1.02. The van der Waals surface area contributed by atoms with Crippen LogP contribution in [0.4, 0.5) is 0 Å². The number of hydrogen-bond acceptors (Lipinski definition) is 3. The van der Waals surface area contributed by atoms with Gasteiger partial charge >= 0.3 is 6.33 Å². The van der Waals surface area contributed by atoms with Gasteiger partial charge in [0.2, 0.25) is 11.3 Å². The van der Waals surface area contributed by atoms with Crippen LogP contribution in [0.2, 0.25) is 0 Å². The van der Waals surface area contributed by atoms with Crippen LogP contribution in [0.5, 0.6) is 0 Å². The zero-order valence-corrected chi connectivity index (χ0v) is 6.99. The third kappa shape index (κ3) is 0.670. The van der Waals surface area contributed by atoms with Crippen LogP contribution >= 0.6 is 0 Å². The maximum Gasteiger partial charge on any atom is 0.332 e. The molecule has 0 N–H and O–H groups in total. The Balaban J connectivity index is 2.72. The van der Waals surface area contributed by atoms with Gasteiger partial charge in [-0.3, -0.25) is 0 Å².